The number of amides is 4. The van der Waals surface area contributed by atoms with E-state index in [0.717, 1.165) is 35.7 Å². The summed E-state index contributed by atoms with van der Waals surface area (Å²) in [5, 5.41) is 18.2. The first-order valence-electron chi connectivity index (χ1n) is 17.3. The van der Waals surface area contributed by atoms with Crippen LogP contribution >= 0.6 is 0 Å². The van der Waals surface area contributed by atoms with Crippen LogP contribution in [0.3, 0.4) is 0 Å². The first-order valence-corrected chi connectivity index (χ1v) is 17.3. The molecule has 0 aliphatic carbocycles. The first-order chi connectivity index (χ1) is 24.1. The molecular formula is C40H48N4O6. The van der Waals surface area contributed by atoms with E-state index in [1.165, 1.54) is 0 Å². The maximum Gasteiger partial charge on any atom is 0.321 e. The molecule has 4 atom stereocenters. The second-order valence-corrected chi connectivity index (χ2v) is 13.2. The summed E-state index contributed by atoms with van der Waals surface area (Å²) in [6.45, 7) is 6.53. The van der Waals surface area contributed by atoms with Gasteiger partial charge < -0.3 is 35.0 Å². The van der Waals surface area contributed by atoms with Gasteiger partial charge in [0.1, 0.15) is 5.75 Å². The minimum Gasteiger partial charge on any atom is -0.490 e. The highest BCUT2D eigenvalue weighted by atomic mass is 16.5. The smallest absolute Gasteiger partial charge is 0.321 e. The van der Waals surface area contributed by atoms with E-state index in [1.54, 1.807) is 66.2 Å². The minimum atomic E-state index is -0.529. The number of aliphatic hydroxyl groups excluding tert-OH is 1. The van der Waals surface area contributed by atoms with Crippen molar-refractivity contribution in [2.24, 2.45) is 5.92 Å². The molecule has 4 aromatic carbocycles. The fourth-order valence-corrected chi connectivity index (χ4v) is 6.15. The van der Waals surface area contributed by atoms with Crippen molar-refractivity contribution in [1.82, 2.24) is 9.80 Å². The number of nitrogens with zero attached hydrogens (tertiary/aromatic N) is 2. The number of aliphatic hydroxyl groups is 1. The Bertz CT molecular complexity index is 1760. The van der Waals surface area contributed by atoms with Gasteiger partial charge in [-0.25, -0.2) is 4.79 Å². The molecule has 0 bridgehead atoms. The van der Waals surface area contributed by atoms with Crippen LogP contribution in [-0.4, -0.2) is 84.4 Å². The molecule has 0 saturated carbocycles. The van der Waals surface area contributed by atoms with Crippen molar-refractivity contribution in [3.63, 3.8) is 0 Å². The first kappa shape index (κ1) is 36.4. The van der Waals surface area contributed by atoms with Crippen molar-refractivity contribution in [3.8, 4) is 5.75 Å². The second kappa shape index (κ2) is 17.1. The number of hydrogen-bond acceptors (Lipinski definition) is 6. The number of urea groups is 1. The topological polar surface area (TPSA) is 120 Å². The van der Waals surface area contributed by atoms with Gasteiger partial charge in [0.15, 0.2) is 0 Å². The molecule has 10 nitrogen and oxygen atoms in total. The molecule has 0 spiro atoms. The summed E-state index contributed by atoms with van der Waals surface area (Å²) in [4.78, 5) is 44.1. The molecule has 1 heterocycles. The van der Waals surface area contributed by atoms with Crippen LogP contribution in [-0.2, 0) is 4.74 Å². The number of nitrogens with one attached hydrogen (secondary N) is 2. The summed E-state index contributed by atoms with van der Waals surface area (Å²) >= 11 is 0. The van der Waals surface area contributed by atoms with Crippen LogP contribution in [0.1, 0.15) is 60.7 Å². The van der Waals surface area contributed by atoms with Gasteiger partial charge in [-0.05, 0) is 74.9 Å². The zero-order valence-electron chi connectivity index (χ0n) is 29.3. The van der Waals surface area contributed by atoms with Gasteiger partial charge in [-0.15, -0.1) is 0 Å². The molecule has 0 fully saturated rings. The molecule has 0 saturated heterocycles. The Labute approximate surface area is 294 Å². The van der Waals surface area contributed by atoms with Crippen LogP contribution in [0.4, 0.5) is 16.2 Å². The van der Waals surface area contributed by atoms with E-state index in [9.17, 15) is 19.5 Å². The lowest BCUT2D eigenvalue weighted by atomic mass is 10.0. The molecule has 4 aromatic rings. The summed E-state index contributed by atoms with van der Waals surface area (Å²) in [6.07, 6.45) is 1.81. The van der Waals surface area contributed by atoms with Crippen LogP contribution in [0.2, 0.25) is 0 Å². The van der Waals surface area contributed by atoms with Crippen LogP contribution < -0.4 is 15.4 Å². The fourth-order valence-electron chi connectivity index (χ4n) is 6.15. The van der Waals surface area contributed by atoms with Gasteiger partial charge in [0.2, 0.25) is 0 Å². The predicted octanol–water partition coefficient (Wildman–Crippen LogP) is 7.05. The number of ether oxygens (including phenoxy) is 2. The number of benzene rings is 4. The predicted molar refractivity (Wildman–Crippen MR) is 197 cm³/mol. The maximum absolute atomic E-state index is 14.4. The number of hydrogen-bond donors (Lipinski definition) is 3. The summed E-state index contributed by atoms with van der Waals surface area (Å²) in [6, 6.07) is 26.9. The Hall–Kier alpha value is -4.93. The van der Waals surface area contributed by atoms with E-state index in [1.807, 2.05) is 62.4 Å². The lowest BCUT2D eigenvalue weighted by Gasteiger charge is -2.35. The van der Waals surface area contributed by atoms with Crippen LogP contribution in [0.5, 0.6) is 5.75 Å². The number of rotatable bonds is 7. The van der Waals surface area contributed by atoms with Crippen molar-refractivity contribution in [2.75, 3.05) is 44.0 Å². The monoisotopic (exact) mass is 680 g/mol. The highest BCUT2D eigenvalue weighted by molar-refractivity contribution is 6.05. The van der Waals surface area contributed by atoms with Gasteiger partial charge in [-0.3, -0.25) is 9.59 Å². The summed E-state index contributed by atoms with van der Waals surface area (Å²) in [7, 11) is 1.74. The lowest BCUT2D eigenvalue weighted by molar-refractivity contribution is -0.0115. The van der Waals surface area contributed by atoms with Crippen LogP contribution in [0.25, 0.3) is 10.8 Å². The zero-order valence-corrected chi connectivity index (χ0v) is 29.3. The van der Waals surface area contributed by atoms with Gasteiger partial charge in [-0.2, -0.15) is 0 Å². The second-order valence-electron chi connectivity index (χ2n) is 13.2. The third-order valence-electron chi connectivity index (χ3n) is 9.18. The molecule has 0 aromatic heterocycles. The van der Waals surface area contributed by atoms with Crippen molar-refractivity contribution in [3.05, 3.63) is 102 Å². The molecule has 1 aliphatic rings. The van der Waals surface area contributed by atoms with E-state index < -0.39 is 12.1 Å². The molecular weight excluding hydrogens is 632 g/mol. The molecule has 10 heteroatoms. The van der Waals surface area contributed by atoms with Crippen molar-refractivity contribution in [2.45, 2.75) is 58.3 Å². The zero-order chi connectivity index (χ0) is 35.6. The van der Waals surface area contributed by atoms with Gasteiger partial charge in [0.25, 0.3) is 11.8 Å². The average Bonchev–Trinajstić information content (AvgIpc) is 3.13. The molecule has 264 valence electrons. The van der Waals surface area contributed by atoms with E-state index >= 15 is 0 Å². The third kappa shape index (κ3) is 9.19. The van der Waals surface area contributed by atoms with E-state index in [2.05, 4.69) is 10.6 Å². The fraction of sp³-hybridized carbons (Fsp3) is 0.375. The lowest BCUT2D eigenvalue weighted by Crippen LogP contribution is -2.48. The highest BCUT2D eigenvalue weighted by Crippen LogP contribution is 2.29. The molecule has 0 unspecified atom stereocenters. The van der Waals surface area contributed by atoms with Crippen molar-refractivity contribution >= 4 is 40.0 Å². The molecule has 5 rings (SSSR count). The Morgan fingerprint density at radius 1 is 0.960 bits per heavy atom. The average molecular weight is 681 g/mol. The molecule has 0 radical (unpaired) electrons. The SMILES string of the molecule is C[C@@H]1CCCCO[C@@H](CN(C)C(=O)Nc2cccc3ccccc23)[C@H](C)CN([C@@H](C)CO)C(=O)c2cc(NC(=O)c3ccccc3)ccc2O1. The van der Waals surface area contributed by atoms with Crippen LogP contribution in [0, 0.1) is 5.92 Å². The summed E-state index contributed by atoms with van der Waals surface area (Å²) in [5.41, 5.74) is 1.96. The molecule has 4 amide bonds. The largest absolute Gasteiger partial charge is 0.490 e. The normalized spacial score (nSPS) is 19.4. The summed E-state index contributed by atoms with van der Waals surface area (Å²) < 4.78 is 12.7. The Morgan fingerprint density at radius 3 is 2.48 bits per heavy atom. The van der Waals surface area contributed by atoms with Crippen LogP contribution in [0.15, 0.2) is 91.0 Å². The van der Waals surface area contributed by atoms with Gasteiger partial charge in [-0.1, -0.05) is 61.5 Å². The number of likely N-dealkylation sites (N-methyl/N-ethyl adjacent to an activating group) is 1. The Morgan fingerprint density at radius 2 is 1.70 bits per heavy atom. The van der Waals surface area contributed by atoms with Gasteiger partial charge in [0.05, 0.1) is 36.1 Å². The van der Waals surface area contributed by atoms with Crippen molar-refractivity contribution in [1.29, 1.82) is 0 Å². The number of carbonyl (C=O) groups is 3. The van der Waals surface area contributed by atoms with E-state index in [4.69, 9.17) is 9.47 Å². The quantitative estimate of drug-likeness (QED) is 0.192. The molecule has 50 heavy (non-hydrogen) atoms. The maximum atomic E-state index is 14.4. The molecule has 1 aliphatic heterocycles. The Kier molecular flexibility index (Phi) is 12.5. The standard InChI is InChI=1S/C40H48N4O6/c1-27-24-44(28(2)26-45)39(47)34-23-32(41-38(46)31-15-6-5-7-16-31)20-21-36(34)50-29(3)13-10-11-22-49-37(27)25-43(4)40(48)42-35-19-12-17-30-14-8-9-18-33(30)35/h5-9,12,14-21,23,27-29,37,45H,10-11,13,22,24-26H2,1-4H3,(H,41,46)(H,42,48)/t27-,28+,29-,37+/m1/s1. The molecule has 3 N–H and O–H groups in total. The number of fused-ring (bicyclic) bond motifs is 2. The van der Waals surface area contributed by atoms with Gasteiger partial charge >= 0.3 is 6.03 Å². The van der Waals surface area contributed by atoms with E-state index in [0.29, 0.717) is 30.2 Å². The van der Waals surface area contributed by atoms with Crippen molar-refractivity contribution < 1.29 is 29.0 Å². The number of anilines is 2. The summed E-state index contributed by atoms with van der Waals surface area (Å²) in [5.74, 6) is -0.434. The highest BCUT2D eigenvalue weighted by Gasteiger charge is 2.31. The Balaban J connectivity index is 1.38. The van der Waals surface area contributed by atoms with E-state index in [-0.39, 0.29) is 48.6 Å². The van der Waals surface area contributed by atoms with Gasteiger partial charge in [0, 0.05) is 49.3 Å². The minimum absolute atomic E-state index is 0.184. The third-order valence-corrected chi connectivity index (χ3v) is 9.18. The number of carbonyl (C=O) groups excluding carboxylic acids is 3.